The van der Waals surface area contributed by atoms with Crippen molar-refractivity contribution in [1.29, 1.82) is 0 Å². The molecule has 0 aliphatic carbocycles. The first-order chi connectivity index (χ1) is 13.4. The first-order valence-corrected chi connectivity index (χ1v) is 12.5. The number of rotatable bonds is 7. The summed E-state index contributed by atoms with van der Waals surface area (Å²) in [5.74, 6) is 6.00. The van der Waals surface area contributed by atoms with Gasteiger partial charge in [0.2, 0.25) is 0 Å². The summed E-state index contributed by atoms with van der Waals surface area (Å²) in [6.45, 7) is 20.0. The zero-order chi connectivity index (χ0) is 21.1. The third kappa shape index (κ3) is 7.50. The number of allylic oxidation sites excluding steroid dienone is 2. The molecule has 0 N–H and O–H groups in total. The standard InChI is InChI=1S/C20H32N2S.C5H12/c1-6-19(20-12-10-9-11-17(20)4)18-13-15-22(16-14-18)23(5)21(7-2)8-3;1-4-5(2)3/h6,9-12,18H,5,7-8,13-16H2,1-4H3;5H,4H2,1-3H3/b19-6-;. The van der Waals surface area contributed by atoms with Crippen LogP contribution in [0.4, 0.5) is 0 Å². The fraction of sp³-hybridized carbons (Fsp3) is 0.640. The second-order valence-corrected chi connectivity index (χ2v) is 9.73. The molecule has 1 heterocycles. The van der Waals surface area contributed by atoms with E-state index in [0.717, 1.165) is 32.1 Å². The molecular weight excluding hydrogens is 360 g/mol. The number of piperidine rings is 1. The summed E-state index contributed by atoms with van der Waals surface area (Å²) in [4.78, 5) is 0. The van der Waals surface area contributed by atoms with Gasteiger partial charge in [0.05, 0.1) is 0 Å². The molecule has 0 spiro atoms. The van der Waals surface area contributed by atoms with Crippen molar-refractivity contribution in [3.05, 3.63) is 41.5 Å². The number of hydrogen-bond acceptors (Lipinski definition) is 2. The molecule has 28 heavy (non-hydrogen) atoms. The molecule has 1 unspecified atom stereocenters. The zero-order valence-electron chi connectivity index (χ0n) is 19.5. The third-order valence-electron chi connectivity index (χ3n) is 5.78. The molecule has 0 saturated carbocycles. The normalized spacial score (nSPS) is 17.5. The van der Waals surface area contributed by atoms with E-state index in [1.54, 1.807) is 0 Å². The average molecular weight is 405 g/mol. The second-order valence-electron chi connectivity index (χ2n) is 8.02. The molecule has 1 aliphatic rings. The van der Waals surface area contributed by atoms with Crippen LogP contribution in [0, 0.1) is 18.8 Å². The lowest BCUT2D eigenvalue weighted by Crippen LogP contribution is -2.35. The molecule has 160 valence electrons. The summed E-state index contributed by atoms with van der Waals surface area (Å²) in [5.41, 5.74) is 4.36. The highest BCUT2D eigenvalue weighted by molar-refractivity contribution is 8.09. The molecule has 0 aromatic heterocycles. The Hall–Kier alpha value is -0.900. The molecule has 3 heteroatoms. The zero-order valence-corrected chi connectivity index (χ0v) is 20.3. The number of hydrogen-bond donors (Lipinski definition) is 0. The average Bonchev–Trinajstić information content (AvgIpc) is 2.71. The smallest absolute Gasteiger partial charge is 0.0102 e. The van der Waals surface area contributed by atoms with Gasteiger partial charge in [-0.3, -0.25) is 0 Å². The topological polar surface area (TPSA) is 6.48 Å². The van der Waals surface area contributed by atoms with E-state index in [-0.39, 0.29) is 10.9 Å². The van der Waals surface area contributed by atoms with E-state index in [2.05, 4.69) is 93.3 Å². The van der Waals surface area contributed by atoms with Gasteiger partial charge >= 0.3 is 0 Å². The molecule has 2 nitrogen and oxygen atoms in total. The minimum Gasteiger partial charge on any atom is -0.245 e. The van der Waals surface area contributed by atoms with Crippen LogP contribution in [0.15, 0.2) is 30.3 Å². The molecule has 1 saturated heterocycles. The van der Waals surface area contributed by atoms with Crippen LogP contribution in [-0.4, -0.2) is 40.7 Å². The van der Waals surface area contributed by atoms with Crippen LogP contribution in [0.25, 0.3) is 5.57 Å². The minimum atomic E-state index is 0.0239. The number of aryl methyl sites for hydroxylation is 1. The maximum Gasteiger partial charge on any atom is 0.0102 e. The summed E-state index contributed by atoms with van der Waals surface area (Å²) < 4.78 is 5.05. The quantitative estimate of drug-likeness (QED) is 0.450. The fourth-order valence-electron chi connectivity index (χ4n) is 3.57. The van der Waals surface area contributed by atoms with Crippen LogP contribution in [-0.2, 0) is 0 Å². The SMILES string of the molecule is C=S(N(CC)CC)N1CCC(/C(=C/C)c2ccccc2C)CC1.CCC(C)C. The maximum absolute atomic E-state index is 4.43. The Bertz CT molecular complexity index is 609. The van der Waals surface area contributed by atoms with Crippen molar-refractivity contribution in [2.75, 3.05) is 26.2 Å². The lowest BCUT2D eigenvalue weighted by Gasteiger charge is -2.38. The van der Waals surface area contributed by atoms with E-state index >= 15 is 0 Å². The largest absolute Gasteiger partial charge is 0.245 e. The summed E-state index contributed by atoms with van der Waals surface area (Å²) in [7, 11) is 0.0239. The summed E-state index contributed by atoms with van der Waals surface area (Å²) in [6.07, 6.45) is 6.12. The molecule has 0 radical (unpaired) electrons. The Kier molecular flexibility index (Phi) is 12.0. The molecule has 1 aromatic carbocycles. The summed E-state index contributed by atoms with van der Waals surface area (Å²) in [6, 6.07) is 8.79. The van der Waals surface area contributed by atoms with Gasteiger partial charge in [0, 0.05) is 26.2 Å². The number of benzene rings is 1. The van der Waals surface area contributed by atoms with Crippen LogP contribution >= 0.6 is 10.9 Å². The summed E-state index contributed by atoms with van der Waals surface area (Å²) >= 11 is 0. The van der Waals surface area contributed by atoms with Crippen molar-refractivity contribution in [2.45, 2.75) is 67.7 Å². The van der Waals surface area contributed by atoms with Gasteiger partial charge < -0.3 is 0 Å². The van der Waals surface area contributed by atoms with E-state index in [0.29, 0.717) is 5.92 Å². The van der Waals surface area contributed by atoms with Crippen LogP contribution in [0.2, 0.25) is 0 Å². The van der Waals surface area contributed by atoms with E-state index in [1.807, 2.05) is 0 Å². The molecule has 0 amide bonds. The summed E-state index contributed by atoms with van der Waals surface area (Å²) in [5, 5.41) is 0. The third-order valence-corrected chi connectivity index (χ3v) is 7.85. The Labute approximate surface area is 178 Å². The van der Waals surface area contributed by atoms with Crippen molar-refractivity contribution in [3.63, 3.8) is 0 Å². The maximum atomic E-state index is 4.43. The van der Waals surface area contributed by atoms with Crippen molar-refractivity contribution < 1.29 is 0 Å². The monoisotopic (exact) mass is 404 g/mol. The molecule has 1 atom stereocenters. The first-order valence-electron chi connectivity index (χ1n) is 11.2. The van der Waals surface area contributed by atoms with Gasteiger partial charge in [-0.15, -0.1) is 0 Å². The Balaban J connectivity index is 0.000000696. The minimum absolute atomic E-state index is 0.0239. The lowest BCUT2D eigenvalue weighted by atomic mass is 9.84. The lowest BCUT2D eigenvalue weighted by molar-refractivity contribution is 0.322. The van der Waals surface area contributed by atoms with Gasteiger partial charge in [0.25, 0.3) is 0 Å². The van der Waals surface area contributed by atoms with E-state index < -0.39 is 0 Å². The van der Waals surface area contributed by atoms with Gasteiger partial charge in [0.1, 0.15) is 0 Å². The van der Waals surface area contributed by atoms with Crippen LogP contribution < -0.4 is 0 Å². The van der Waals surface area contributed by atoms with Crippen LogP contribution in [0.1, 0.15) is 71.9 Å². The van der Waals surface area contributed by atoms with E-state index in [9.17, 15) is 0 Å². The Morgan fingerprint density at radius 1 is 1.18 bits per heavy atom. The second kappa shape index (κ2) is 13.3. The molecule has 1 aromatic rings. The predicted octanol–water partition coefficient (Wildman–Crippen LogP) is 7.04. The Morgan fingerprint density at radius 3 is 2.14 bits per heavy atom. The van der Waals surface area contributed by atoms with Gasteiger partial charge in [-0.25, -0.2) is 8.61 Å². The van der Waals surface area contributed by atoms with Crippen molar-refractivity contribution in [3.8, 4) is 0 Å². The fourth-order valence-corrected chi connectivity index (χ4v) is 5.13. The van der Waals surface area contributed by atoms with Crippen molar-refractivity contribution >= 4 is 22.3 Å². The molecule has 0 bridgehead atoms. The molecular formula is C25H44N2S. The van der Waals surface area contributed by atoms with Gasteiger partial charge in [-0.2, -0.15) is 0 Å². The molecule has 1 fully saturated rings. The highest BCUT2D eigenvalue weighted by atomic mass is 32.2. The van der Waals surface area contributed by atoms with E-state index in [1.165, 1.54) is 36.0 Å². The predicted molar refractivity (Wildman–Crippen MR) is 132 cm³/mol. The van der Waals surface area contributed by atoms with E-state index in [4.69, 9.17) is 0 Å². The van der Waals surface area contributed by atoms with Gasteiger partial charge in [-0.1, -0.05) is 82.2 Å². The number of nitrogens with zero attached hydrogens (tertiary/aromatic N) is 2. The molecule has 2 rings (SSSR count). The van der Waals surface area contributed by atoms with Crippen molar-refractivity contribution in [2.24, 2.45) is 11.8 Å². The Morgan fingerprint density at radius 2 is 1.71 bits per heavy atom. The highest BCUT2D eigenvalue weighted by Gasteiger charge is 2.25. The van der Waals surface area contributed by atoms with Crippen molar-refractivity contribution in [1.82, 2.24) is 8.61 Å². The van der Waals surface area contributed by atoms with Gasteiger partial charge in [0.15, 0.2) is 0 Å². The first kappa shape index (κ1) is 25.1. The highest BCUT2D eigenvalue weighted by Crippen LogP contribution is 2.36. The molecule has 1 aliphatic heterocycles. The van der Waals surface area contributed by atoms with Crippen LogP contribution in [0.5, 0.6) is 0 Å². The van der Waals surface area contributed by atoms with Gasteiger partial charge in [-0.05, 0) is 61.1 Å². The van der Waals surface area contributed by atoms with Crippen LogP contribution in [0.3, 0.4) is 0 Å².